The number of nitrogens with one attached hydrogen (secondary N) is 1. The minimum absolute atomic E-state index is 0.0678. The summed E-state index contributed by atoms with van der Waals surface area (Å²) in [6.45, 7) is 1.73. The first kappa shape index (κ1) is 16.8. The summed E-state index contributed by atoms with van der Waals surface area (Å²) in [5.74, 6) is 0.761. The summed E-state index contributed by atoms with van der Waals surface area (Å²) in [7, 11) is 0. The van der Waals surface area contributed by atoms with E-state index < -0.39 is 0 Å². The van der Waals surface area contributed by atoms with Gasteiger partial charge in [-0.25, -0.2) is 0 Å². The Hall–Kier alpha value is -2.01. The maximum absolute atomic E-state index is 12.1. The van der Waals surface area contributed by atoms with Crippen molar-refractivity contribution in [2.24, 2.45) is 0 Å². The Morgan fingerprint density at radius 3 is 2.50 bits per heavy atom. The van der Waals surface area contributed by atoms with Gasteiger partial charge in [-0.3, -0.25) is 9.59 Å². The third-order valence-electron chi connectivity index (χ3n) is 4.20. The minimum Gasteiger partial charge on any atom is -0.342 e. The highest BCUT2D eigenvalue weighted by atomic mass is 32.2. The van der Waals surface area contributed by atoms with E-state index in [1.54, 1.807) is 0 Å². The molecule has 0 radical (unpaired) electrons. The van der Waals surface area contributed by atoms with Gasteiger partial charge >= 0.3 is 0 Å². The number of nitrogens with zero attached hydrogens (tertiary/aromatic N) is 1. The topological polar surface area (TPSA) is 49.4 Å². The molecule has 2 aromatic rings. The molecular formula is C19H22N2O2S. The number of anilines is 1. The van der Waals surface area contributed by atoms with E-state index in [2.05, 4.69) is 5.32 Å². The minimum atomic E-state index is -0.0678. The number of hydrogen-bond donors (Lipinski definition) is 1. The average Bonchev–Trinajstić information content (AvgIpc) is 2.62. The van der Waals surface area contributed by atoms with Crippen LogP contribution in [0.4, 0.5) is 5.69 Å². The van der Waals surface area contributed by atoms with Gasteiger partial charge in [0.05, 0.1) is 11.5 Å². The van der Waals surface area contributed by atoms with Crippen LogP contribution in [-0.4, -0.2) is 41.3 Å². The molecule has 0 saturated carbocycles. The molecule has 1 aliphatic heterocycles. The van der Waals surface area contributed by atoms with Crippen LogP contribution in [0.3, 0.4) is 0 Å². The lowest BCUT2D eigenvalue weighted by Crippen LogP contribution is -2.37. The fourth-order valence-electron chi connectivity index (χ4n) is 2.93. The van der Waals surface area contributed by atoms with Gasteiger partial charge in [-0.15, -0.1) is 11.8 Å². The van der Waals surface area contributed by atoms with Crippen molar-refractivity contribution in [3.05, 3.63) is 42.5 Å². The molecule has 0 spiro atoms. The SMILES string of the molecule is O=C(CSCC(=O)N1CCCCC1)Nc1ccc2ccccc2c1. The van der Waals surface area contributed by atoms with Crippen LogP contribution < -0.4 is 5.32 Å². The molecule has 1 saturated heterocycles. The molecule has 1 fully saturated rings. The van der Waals surface area contributed by atoms with E-state index in [9.17, 15) is 9.59 Å². The second-order valence-corrected chi connectivity index (χ2v) is 7.03. The third-order valence-corrected chi connectivity index (χ3v) is 5.12. The van der Waals surface area contributed by atoms with Crippen LogP contribution in [0.15, 0.2) is 42.5 Å². The zero-order chi connectivity index (χ0) is 16.8. The van der Waals surface area contributed by atoms with Crippen LogP contribution in [-0.2, 0) is 9.59 Å². The lowest BCUT2D eigenvalue weighted by atomic mass is 10.1. The highest BCUT2D eigenvalue weighted by molar-refractivity contribution is 8.00. The number of carbonyl (C=O) groups is 2. The maximum Gasteiger partial charge on any atom is 0.234 e. The molecule has 2 aromatic carbocycles. The van der Waals surface area contributed by atoms with Crippen molar-refractivity contribution in [1.29, 1.82) is 0 Å². The normalized spacial score (nSPS) is 14.6. The fraction of sp³-hybridized carbons (Fsp3) is 0.368. The zero-order valence-corrected chi connectivity index (χ0v) is 14.5. The van der Waals surface area contributed by atoms with Crippen LogP contribution in [0.2, 0.25) is 0 Å². The van der Waals surface area contributed by atoms with Crippen molar-refractivity contribution in [2.75, 3.05) is 29.9 Å². The number of hydrogen-bond acceptors (Lipinski definition) is 3. The number of thioether (sulfide) groups is 1. The van der Waals surface area contributed by atoms with E-state index >= 15 is 0 Å². The standard InChI is InChI=1S/C19H22N2O2S/c22-18(13-24-14-19(23)21-10-4-1-5-11-21)20-17-9-8-15-6-2-3-7-16(15)12-17/h2-3,6-9,12H,1,4-5,10-11,13-14H2,(H,20,22). The molecule has 1 aliphatic rings. The van der Waals surface area contributed by atoms with Gasteiger partial charge in [0.2, 0.25) is 11.8 Å². The lowest BCUT2D eigenvalue weighted by Gasteiger charge is -2.26. The monoisotopic (exact) mass is 342 g/mol. The van der Waals surface area contributed by atoms with Crippen molar-refractivity contribution in [3.8, 4) is 0 Å². The van der Waals surface area contributed by atoms with Gasteiger partial charge in [-0.1, -0.05) is 30.3 Å². The molecule has 0 aromatic heterocycles. The molecule has 5 heteroatoms. The number of likely N-dealkylation sites (tertiary alicyclic amines) is 1. The number of benzene rings is 2. The Morgan fingerprint density at radius 2 is 1.71 bits per heavy atom. The maximum atomic E-state index is 12.1. The average molecular weight is 342 g/mol. The molecule has 1 N–H and O–H groups in total. The Kier molecular flexibility index (Phi) is 5.75. The summed E-state index contributed by atoms with van der Waals surface area (Å²) in [5.41, 5.74) is 0.793. The van der Waals surface area contributed by atoms with E-state index in [1.165, 1.54) is 18.2 Å². The van der Waals surface area contributed by atoms with Gasteiger partial charge in [0.25, 0.3) is 0 Å². The molecule has 0 atom stereocenters. The molecule has 0 aliphatic carbocycles. The van der Waals surface area contributed by atoms with Gasteiger partial charge in [0.1, 0.15) is 0 Å². The first-order chi connectivity index (χ1) is 11.7. The lowest BCUT2D eigenvalue weighted by molar-refractivity contribution is -0.129. The Labute approximate surface area is 146 Å². The number of fused-ring (bicyclic) bond motifs is 1. The van der Waals surface area contributed by atoms with Crippen LogP contribution in [0.1, 0.15) is 19.3 Å². The predicted octanol–water partition coefficient (Wildman–Crippen LogP) is 3.52. The molecule has 24 heavy (non-hydrogen) atoms. The molecule has 2 amide bonds. The first-order valence-corrected chi connectivity index (χ1v) is 9.52. The second-order valence-electron chi connectivity index (χ2n) is 6.04. The second kappa shape index (κ2) is 8.20. The summed E-state index contributed by atoms with van der Waals surface area (Å²) < 4.78 is 0. The van der Waals surface area contributed by atoms with E-state index in [1.807, 2.05) is 47.4 Å². The van der Waals surface area contributed by atoms with Crippen LogP contribution in [0.5, 0.6) is 0 Å². The number of rotatable bonds is 5. The van der Waals surface area contributed by atoms with E-state index in [0.717, 1.165) is 42.4 Å². The van der Waals surface area contributed by atoms with Crippen LogP contribution in [0, 0.1) is 0 Å². The van der Waals surface area contributed by atoms with E-state index in [-0.39, 0.29) is 11.8 Å². The Balaban J connectivity index is 1.45. The molecule has 0 unspecified atom stereocenters. The summed E-state index contributed by atoms with van der Waals surface area (Å²) >= 11 is 1.38. The van der Waals surface area contributed by atoms with Crippen molar-refractivity contribution >= 4 is 40.0 Å². The third kappa shape index (κ3) is 4.51. The van der Waals surface area contributed by atoms with Crippen molar-refractivity contribution in [2.45, 2.75) is 19.3 Å². The highest BCUT2D eigenvalue weighted by Crippen LogP contribution is 2.19. The number of amides is 2. The molecule has 3 rings (SSSR count). The molecule has 1 heterocycles. The van der Waals surface area contributed by atoms with Crippen LogP contribution in [0.25, 0.3) is 10.8 Å². The largest absolute Gasteiger partial charge is 0.342 e. The van der Waals surface area contributed by atoms with Crippen LogP contribution >= 0.6 is 11.8 Å². The highest BCUT2D eigenvalue weighted by Gasteiger charge is 2.16. The first-order valence-electron chi connectivity index (χ1n) is 8.36. The molecule has 0 bridgehead atoms. The van der Waals surface area contributed by atoms with Crippen molar-refractivity contribution < 1.29 is 9.59 Å². The van der Waals surface area contributed by atoms with E-state index in [0.29, 0.717) is 11.5 Å². The summed E-state index contributed by atoms with van der Waals surface area (Å²) in [4.78, 5) is 26.0. The summed E-state index contributed by atoms with van der Waals surface area (Å²) in [6, 6.07) is 13.9. The van der Waals surface area contributed by atoms with E-state index in [4.69, 9.17) is 0 Å². The van der Waals surface area contributed by atoms with Gasteiger partial charge in [-0.05, 0) is 42.2 Å². The van der Waals surface area contributed by atoms with Gasteiger partial charge in [-0.2, -0.15) is 0 Å². The van der Waals surface area contributed by atoms with Gasteiger partial charge < -0.3 is 10.2 Å². The number of carbonyl (C=O) groups excluding carboxylic acids is 2. The Morgan fingerprint density at radius 1 is 0.958 bits per heavy atom. The van der Waals surface area contributed by atoms with Crippen molar-refractivity contribution in [1.82, 2.24) is 4.90 Å². The quantitative estimate of drug-likeness (QED) is 0.904. The zero-order valence-electron chi connectivity index (χ0n) is 13.7. The molecular weight excluding hydrogens is 320 g/mol. The summed E-state index contributed by atoms with van der Waals surface area (Å²) in [6.07, 6.45) is 3.41. The Bertz CT molecular complexity index is 726. The molecule has 4 nitrogen and oxygen atoms in total. The molecule has 126 valence electrons. The predicted molar refractivity (Wildman–Crippen MR) is 100 cm³/mol. The number of piperidine rings is 1. The fourth-order valence-corrected chi connectivity index (χ4v) is 3.65. The smallest absolute Gasteiger partial charge is 0.234 e. The van der Waals surface area contributed by atoms with Gasteiger partial charge in [0.15, 0.2) is 0 Å². The van der Waals surface area contributed by atoms with Crippen molar-refractivity contribution in [3.63, 3.8) is 0 Å². The summed E-state index contributed by atoms with van der Waals surface area (Å²) in [5, 5.41) is 5.15. The van der Waals surface area contributed by atoms with Gasteiger partial charge in [0, 0.05) is 18.8 Å².